The van der Waals surface area contributed by atoms with Crippen LogP contribution in [0.25, 0.3) is 0 Å². The molecule has 132 valence electrons. The number of para-hydroxylation sites is 1. The molecule has 25 heavy (non-hydrogen) atoms. The lowest BCUT2D eigenvalue weighted by atomic mass is 10.1. The number of nitrogens with one attached hydrogen (secondary N) is 1. The first-order valence-corrected chi connectivity index (χ1v) is 8.89. The van der Waals surface area contributed by atoms with Crippen LogP contribution in [-0.2, 0) is 16.1 Å². The van der Waals surface area contributed by atoms with E-state index < -0.39 is 0 Å². The highest BCUT2D eigenvalue weighted by Gasteiger charge is 2.31. The highest BCUT2D eigenvalue weighted by atomic mass is 16.5. The number of hydrogen-bond acceptors (Lipinski definition) is 3. The lowest BCUT2D eigenvalue weighted by Gasteiger charge is -2.25. The molecule has 0 spiro atoms. The van der Waals surface area contributed by atoms with Gasteiger partial charge in [-0.3, -0.25) is 4.79 Å². The number of amides is 1. The van der Waals surface area contributed by atoms with Crippen LogP contribution in [0, 0.1) is 5.92 Å². The fourth-order valence-corrected chi connectivity index (χ4v) is 3.05. The van der Waals surface area contributed by atoms with E-state index in [2.05, 4.69) is 17.4 Å². The Morgan fingerprint density at radius 3 is 2.36 bits per heavy atom. The molecule has 0 saturated heterocycles. The number of anilines is 1. The highest BCUT2D eigenvalue weighted by Crippen LogP contribution is 2.32. The Morgan fingerprint density at radius 1 is 1.12 bits per heavy atom. The quantitative estimate of drug-likeness (QED) is 0.763. The van der Waals surface area contributed by atoms with Gasteiger partial charge in [0, 0.05) is 18.8 Å². The Morgan fingerprint density at radius 2 is 1.76 bits per heavy atom. The summed E-state index contributed by atoms with van der Waals surface area (Å²) in [5.41, 5.74) is 2.04. The summed E-state index contributed by atoms with van der Waals surface area (Å²) in [6, 6.07) is 20.2. The zero-order valence-electron chi connectivity index (χ0n) is 14.7. The fourth-order valence-electron chi connectivity index (χ4n) is 3.05. The van der Waals surface area contributed by atoms with Crippen molar-refractivity contribution < 1.29 is 9.53 Å². The average molecular weight is 338 g/mol. The monoisotopic (exact) mass is 338 g/mol. The van der Waals surface area contributed by atoms with Gasteiger partial charge < -0.3 is 15.0 Å². The first-order valence-electron chi connectivity index (χ1n) is 8.89. The summed E-state index contributed by atoms with van der Waals surface area (Å²) in [4.78, 5) is 14.8. The van der Waals surface area contributed by atoms with Crippen LogP contribution in [-0.4, -0.2) is 32.2 Å². The molecule has 0 aliphatic heterocycles. The first kappa shape index (κ1) is 17.6. The Labute approximate surface area is 149 Å². The lowest BCUT2D eigenvalue weighted by molar-refractivity contribution is -0.118. The number of carbonyl (C=O) groups excluding carboxylic acids is 1. The fraction of sp³-hybridized carbons (Fsp3) is 0.381. The van der Waals surface area contributed by atoms with Crippen LogP contribution < -0.4 is 10.2 Å². The predicted octanol–water partition coefficient (Wildman–Crippen LogP) is 3.23. The number of methoxy groups -OCH3 is 1. The summed E-state index contributed by atoms with van der Waals surface area (Å²) in [5.74, 6) is 0.726. The van der Waals surface area contributed by atoms with Gasteiger partial charge in [0.15, 0.2) is 0 Å². The van der Waals surface area contributed by atoms with Gasteiger partial charge in [0.1, 0.15) is 0 Å². The van der Waals surface area contributed by atoms with Gasteiger partial charge in [0.2, 0.25) is 5.91 Å². The van der Waals surface area contributed by atoms with E-state index in [1.54, 1.807) is 7.11 Å². The Kier molecular flexibility index (Phi) is 6.20. The zero-order valence-corrected chi connectivity index (χ0v) is 14.7. The van der Waals surface area contributed by atoms with Crippen molar-refractivity contribution in [3.8, 4) is 0 Å². The van der Waals surface area contributed by atoms with Crippen LogP contribution in [0.15, 0.2) is 60.7 Å². The van der Waals surface area contributed by atoms with Crippen LogP contribution >= 0.6 is 0 Å². The largest absolute Gasteiger partial charge is 0.383 e. The molecule has 0 bridgehead atoms. The summed E-state index contributed by atoms with van der Waals surface area (Å²) in [6.45, 7) is 1.55. The Hall–Kier alpha value is -2.17. The van der Waals surface area contributed by atoms with Gasteiger partial charge in [0.25, 0.3) is 0 Å². The second kappa shape index (κ2) is 8.79. The molecule has 1 amide bonds. The molecule has 1 saturated carbocycles. The van der Waals surface area contributed by atoms with Crippen LogP contribution in [0.3, 0.4) is 0 Å². The number of nitrogens with zero attached hydrogens (tertiary/aromatic N) is 1. The third kappa shape index (κ3) is 5.15. The molecule has 1 aliphatic rings. The summed E-state index contributed by atoms with van der Waals surface area (Å²) >= 11 is 0. The highest BCUT2D eigenvalue weighted by molar-refractivity contribution is 5.94. The number of rotatable bonds is 9. The third-order valence-electron chi connectivity index (χ3n) is 4.61. The molecule has 2 aromatic carbocycles. The van der Waals surface area contributed by atoms with Crippen molar-refractivity contribution in [2.45, 2.75) is 25.4 Å². The van der Waals surface area contributed by atoms with Crippen LogP contribution in [0.2, 0.25) is 0 Å². The van der Waals surface area contributed by atoms with E-state index in [9.17, 15) is 4.79 Å². The molecule has 0 aromatic heterocycles. The first-order chi connectivity index (χ1) is 12.3. The zero-order chi connectivity index (χ0) is 17.5. The number of ether oxygens (including phenoxy) is 1. The smallest absolute Gasteiger partial charge is 0.241 e. The Bertz CT molecular complexity index is 656. The van der Waals surface area contributed by atoms with Gasteiger partial charge in [-0.1, -0.05) is 48.5 Å². The van der Waals surface area contributed by atoms with E-state index in [4.69, 9.17) is 4.74 Å². The minimum atomic E-state index is 0.0804. The molecular formula is C21H26N2O2. The molecule has 2 aromatic rings. The number of carbonyl (C=O) groups is 1. The number of hydrogen-bond donors (Lipinski definition) is 1. The van der Waals surface area contributed by atoms with Gasteiger partial charge in [-0.2, -0.15) is 0 Å². The van der Waals surface area contributed by atoms with Gasteiger partial charge in [-0.15, -0.1) is 0 Å². The molecule has 0 radical (unpaired) electrons. The van der Waals surface area contributed by atoms with Gasteiger partial charge in [-0.05, 0) is 36.5 Å². The van der Waals surface area contributed by atoms with Crippen molar-refractivity contribution >= 4 is 11.6 Å². The normalized spacial score (nSPS) is 14.9. The topological polar surface area (TPSA) is 41.6 Å². The SMILES string of the molecule is COC[C@H](NCC(=O)N(Cc1ccccc1)c1ccccc1)C1CC1. The van der Waals surface area contributed by atoms with Gasteiger partial charge >= 0.3 is 0 Å². The molecule has 1 N–H and O–H groups in total. The predicted molar refractivity (Wildman–Crippen MR) is 100 cm³/mol. The molecule has 0 unspecified atom stereocenters. The maximum Gasteiger partial charge on any atom is 0.241 e. The van der Waals surface area contributed by atoms with E-state index in [0.29, 0.717) is 25.6 Å². The minimum absolute atomic E-state index is 0.0804. The van der Waals surface area contributed by atoms with E-state index in [-0.39, 0.29) is 11.9 Å². The van der Waals surface area contributed by atoms with Crippen molar-refractivity contribution in [3.63, 3.8) is 0 Å². The van der Waals surface area contributed by atoms with Gasteiger partial charge in [-0.25, -0.2) is 0 Å². The summed E-state index contributed by atoms with van der Waals surface area (Å²) in [7, 11) is 1.71. The second-order valence-electron chi connectivity index (χ2n) is 6.58. The molecule has 4 heteroatoms. The standard InChI is InChI=1S/C21H26N2O2/c1-25-16-20(18-12-13-18)22-14-21(24)23(19-10-6-3-7-11-19)15-17-8-4-2-5-9-17/h2-11,18,20,22H,12-16H2,1H3/t20-/m0/s1. The molecule has 1 fully saturated rings. The lowest BCUT2D eigenvalue weighted by Crippen LogP contribution is -2.44. The summed E-state index contributed by atoms with van der Waals surface area (Å²) < 4.78 is 5.29. The van der Waals surface area contributed by atoms with E-state index in [1.165, 1.54) is 12.8 Å². The van der Waals surface area contributed by atoms with Crippen LogP contribution in [0.5, 0.6) is 0 Å². The third-order valence-corrected chi connectivity index (χ3v) is 4.61. The van der Waals surface area contributed by atoms with Crippen molar-refractivity contribution in [1.82, 2.24) is 5.32 Å². The molecule has 1 atom stereocenters. The van der Waals surface area contributed by atoms with Crippen molar-refractivity contribution in [2.75, 3.05) is 25.2 Å². The van der Waals surface area contributed by atoms with E-state index in [0.717, 1.165) is 11.3 Å². The van der Waals surface area contributed by atoms with Gasteiger partial charge in [0.05, 0.1) is 19.7 Å². The molecule has 1 aliphatic carbocycles. The minimum Gasteiger partial charge on any atom is -0.383 e. The van der Waals surface area contributed by atoms with E-state index in [1.807, 2.05) is 53.4 Å². The van der Waals surface area contributed by atoms with E-state index >= 15 is 0 Å². The molecule has 3 rings (SSSR count). The second-order valence-corrected chi connectivity index (χ2v) is 6.58. The molecular weight excluding hydrogens is 312 g/mol. The summed E-state index contributed by atoms with van der Waals surface area (Å²) in [6.07, 6.45) is 2.45. The molecule has 4 nitrogen and oxygen atoms in total. The Balaban J connectivity index is 1.68. The average Bonchev–Trinajstić information content (AvgIpc) is 3.49. The maximum atomic E-state index is 12.9. The van der Waals surface area contributed by atoms with Crippen LogP contribution in [0.1, 0.15) is 18.4 Å². The van der Waals surface area contributed by atoms with Crippen molar-refractivity contribution in [2.24, 2.45) is 5.92 Å². The maximum absolute atomic E-state index is 12.9. The number of benzene rings is 2. The van der Waals surface area contributed by atoms with Crippen molar-refractivity contribution in [3.05, 3.63) is 66.2 Å². The van der Waals surface area contributed by atoms with Crippen molar-refractivity contribution in [1.29, 1.82) is 0 Å². The van der Waals surface area contributed by atoms with Crippen LogP contribution in [0.4, 0.5) is 5.69 Å². The molecule has 0 heterocycles. The summed E-state index contributed by atoms with van der Waals surface area (Å²) in [5, 5.41) is 3.40.